The van der Waals surface area contributed by atoms with E-state index < -0.39 is 0 Å². The lowest BCUT2D eigenvalue weighted by Crippen LogP contribution is -2.21. The predicted octanol–water partition coefficient (Wildman–Crippen LogP) is 8.43. The highest BCUT2D eigenvalue weighted by molar-refractivity contribution is 9.10. The Morgan fingerprint density at radius 1 is 0.977 bits per heavy atom. The van der Waals surface area contributed by atoms with Crippen molar-refractivity contribution in [2.24, 2.45) is 5.10 Å². The van der Waals surface area contributed by atoms with Crippen LogP contribution in [0.25, 0.3) is 22.3 Å². The van der Waals surface area contributed by atoms with Crippen LogP contribution in [0.4, 0.5) is 0 Å². The number of nitrogens with zero attached hydrogens (tertiary/aromatic N) is 3. The second-order valence-corrected chi connectivity index (χ2v) is 11.8. The first kappa shape index (κ1) is 31.0. The molecule has 226 valence electrons. The van der Waals surface area contributed by atoms with Gasteiger partial charge in [0, 0.05) is 5.56 Å². The number of methoxy groups -OCH3 is 1. The van der Waals surface area contributed by atoms with Gasteiger partial charge in [-0.15, -0.1) is 0 Å². The molecule has 0 spiro atoms. The summed E-state index contributed by atoms with van der Waals surface area (Å²) < 4.78 is 19.8. The van der Waals surface area contributed by atoms with Crippen LogP contribution in [0.5, 0.6) is 17.2 Å². The summed E-state index contributed by atoms with van der Waals surface area (Å²) in [5.41, 5.74) is 6.10. The van der Waals surface area contributed by atoms with E-state index in [1.165, 1.54) is 10.2 Å². The molecular weight excluding hydrogens is 618 g/mol. The molecule has 0 aliphatic carbocycles. The van der Waals surface area contributed by atoms with Crippen molar-refractivity contribution < 1.29 is 14.2 Å². The minimum absolute atomic E-state index is 0.205. The van der Waals surface area contributed by atoms with E-state index in [0.29, 0.717) is 51.5 Å². The Morgan fingerprint density at radius 3 is 2.43 bits per heavy atom. The predicted molar refractivity (Wildman–Crippen MR) is 181 cm³/mol. The van der Waals surface area contributed by atoms with Gasteiger partial charge in [0.15, 0.2) is 17.3 Å². The lowest BCUT2D eigenvalue weighted by molar-refractivity contribution is 0.282. The molecule has 44 heavy (non-hydrogen) atoms. The van der Waals surface area contributed by atoms with Gasteiger partial charge in [0.1, 0.15) is 12.4 Å². The van der Waals surface area contributed by atoms with Crippen molar-refractivity contribution in [2.45, 2.75) is 47.1 Å². The molecule has 0 unspecified atom stereocenters. The standard InChI is InChI=1S/C36H36BrN3O4/c1-7-43-32-16-24(5)29(19-28(32)22(2)3)35-39-31-11-9-8-10-27(31)36(41)40(35)38-20-26-17-30(37)34(33(18-26)42-6)44-21-25-14-12-23(4)13-15-25/h8-20,22H,7,21H2,1-6H3. The number of aromatic nitrogens is 2. The minimum atomic E-state index is -0.259. The van der Waals surface area contributed by atoms with Gasteiger partial charge in [-0.1, -0.05) is 55.8 Å². The highest BCUT2D eigenvalue weighted by Crippen LogP contribution is 2.37. The van der Waals surface area contributed by atoms with E-state index in [4.69, 9.17) is 24.3 Å². The molecule has 0 amide bonds. The van der Waals surface area contributed by atoms with Crippen LogP contribution in [0.2, 0.25) is 0 Å². The van der Waals surface area contributed by atoms with Gasteiger partial charge in [-0.05, 0) is 101 Å². The Kier molecular flexibility index (Phi) is 9.49. The summed E-state index contributed by atoms with van der Waals surface area (Å²) in [5, 5.41) is 5.18. The third-order valence-corrected chi connectivity index (χ3v) is 7.94. The molecule has 1 heterocycles. The molecule has 1 aromatic heterocycles. The summed E-state index contributed by atoms with van der Waals surface area (Å²) in [4.78, 5) is 18.8. The second kappa shape index (κ2) is 13.5. The quantitative estimate of drug-likeness (QED) is 0.141. The van der Waals surface area contributed by atoms with Crippen molar-refractivity contribution in [3.8, 4) is 28.6 Å². The lowest BCUT2D eigenvalue weighted by Gasteiger charge is -2.18. The van der Waals surface area contributed by atoms with E-state index in [-0.39, 0.29) is 11.5 Å². The van der Waals surface area contributed by atoms with Crippen molar-refractivity contribution in [3.63, 3.8) is 0 Å². The molecular formula is C36H36BrN3O4. The van der Waals surface area contributed by atoms with Crippen LogP contribution in [0.15, 0.2) is 87.2 Å². The topological polar surface area (TPSA) is 74.9 Å². The highest BCUT2D eigenvalue weighted by Gasteiger charge is 2.19. The zero-order chi connectivity index (χ0) is 31.4. The normalized spacial score (nSPS) is 11.5. The van der Waals surface area contributed by atoms with Gasteiger partial charge in [-0.2, -0.15) is 9.78 Å². The van der Waals surface area contributed by atoms with Crippen LogP contribution in [0.3, 0.4) is 0 Å². The minimum Gasteiger partial charge on any atom is -0.494 e. The van der Waals surface area contributed by atoms with Gasteiger partial charge in [0.05, 0.1) is 35.3 Å². The first-order chi connectivity index (χ1) is 21.2. The SMILES string of the molecule is CCOc1cc(C)c(-c2nc3ccccc3c(=O)n2N=Cc2cc(Br)c(OCc3ccc(C)cc3)c(OC)c2)cc1C(C)C. The van der Waals surface area contributed by atoms with Crippen LogP contribution >= 0.6 is 15.9 Å². The molecule has 8 heteroatoms. The average molecular weight is 655 g/mol. The molecule has 0 radical (unpaired) electrons. The summed E-state index contributed by atoms with van der Waals surface area (Å²) in [6, 6.07) is 23.3. The third-order valence-electron chi connectivity index (χ3n) is 7.35. The molecule has 4 aromatic carbocycles. The van der Waals surface area contributed by atoms with Crippen molar-refractivity contribution in [2.75, 3.05) is 13.7 Å². The monoisotopic (exact) mass is 653 g/mol. The first-order valence-electron chi connectivity index (χ1n) is 14.6. The Hall–Kier alpha value is -4.43. The van der Waals surface area contributed by atoms with E-state index in [9.17, 15) is 4.79 Å². The Balaban J connectivity index is 1.58. The molecule has 5 rings (SSSR count). The summed E-state index contributed by atoms with van der Waals surface area (Å²) in [6.45, 7) is 11.2. The smallest absolute Gasteiger partial charge is 0.282 e. The number of halogens is 1. The maximum Gasteiger partial charge on any atom is 0.282 e. The first-order valence-corrected chi connectivity index (χ1v) is 15.4. The van der Waals surface area contributed by atoms with Gasteiger partial charge < -0.3 is 14.2 Å². The van der Waals surface area contributed by atoms with Gasteiger partial charge >= 0.3 is 0 Å². The number of para-hydroxylation sites is 1. The van der Waals surface area contributed by atoms with Crippen molar-refractivity contribution in [1.82, 2.24) is 9.66 Å². The van der Waals surface area contributed by atoms with Crippen LogP contribution < -0.4 is 19.8 Å². The molecule has 5 aromatic rings. The van der Waals surface area contributed by atoms with Gasteiger partial charge in [0.2, 0.25) is 0 Å². The Bertz CT molecular complexity index is 1900. The van der Waals surface area contributed by atoms with Crippen molar-refractivity contribution in [3.05, 3.63) is 115 Å². The zero-order valence-corrected chi connectivity index (χ0v) is 27.4. The summed E-state index contributed by atoms with van der Waals surface area (Å²) in [7, 11) is 1.60. The molecule has 0 saturated heterocycles. The highest BCUT2D eigenvalue weighted by atomic mass is 79.9. The molecule has 0 N–H and O–H groups in total. The molecule has 0 aliphatic heterocycles. The second-order valence-electron chi connectivity index (χ2n) is 10.9. The van der Waals surface area contributed by atoms with Crippen LogP contribution in [0, 0.1) is 13.8 Å². The van der Waals surface area contributed by atoms with E-state index in [0.717, 1.165) is 28.0 Å². The molecule has 0 aliphatic rings. The molecule has 7 nitrogen and oxygen atoms in total. The number of hydrogen-bond acceptors (Lipinski definition) is 6. The van der Waals surface area contributed by atoms with E-state index in [2.05, 4.69) is 54.9 Å². The number of ether oxygens (including phenoxy) is 3. The summed E-state index contributed by atoms with van der Waals surface area (Å²) in [6.07, 6.45) is 1.63. The number of rotatable bonds is 10. The van der Waals surface area contributed by atoms with Crippen molar-refractivity contribution in [1.29, 1.82) is 0 Å². The third kappa shape index (κ3) is 6.55. The fraction of sp³-hybridized carbons (Fsp3) is 0.250. The fourth-order valence-corrected chi connectivity index (χ4v) is 5.57. The maximum absolute atomic E-state index is 13.9. The number of hydrogen-bond donors (Lipinski definition) is 0. The van der Waals surface area contributed by atoms with E-state index >= 15 is 0 Å². The van der Waals surface area contributed by atoms with Crippen LogP contribution in [0.1, 0.15) is 54.5 Å². The number of benzene rings is 4. The van der Waals surface area contributed by atoms with Gasteiger partial charge in [-0.25, -0.2) is 4.98 Å². The molecule has 0 atom stereocenters. The van der Waals surface area contributed by atoms with Crippen molar-refractivity contribution >= 4 is 33.0 Å². The fourth-order valence-electron chi connectivity index (χ4n) is 4.99. The van der Waals surface area contributed by atoms with Gasteiger partial charge in [0.25, 0.3) is 5.56 Å². The largest absolute Gasteiger partial charge is 0.494 e. The van der Waals surface area contributed by atoms with E-state index in [1.54, 1.807) is 19.4 Å². The Labute approximate surface area is 266 Å². The van der Waals surface area contributed by atoms with Crippen LogP contribution in [-0.2, 0) is 6.61 Å². The Morgan fingerprint density at radius 2 is 1.73 bits per heavy atom. The molecule has 0 bridgehead atoms. The van der Waals surface area contributed by atoms with E-state index in [1.807, 2.05) is 62.4 Å². The lowest BCUT2D eigenvalue weighted by atomic mass is 9.96. The zero-order valence-electron chi connectivity index (χ0n) is 25.8. The summed E-state index contributed by atoms with van der Waals surface area (Å²) in [5.74, 6) is 2.62. The number of fused-ring (bicyclic) bond motifs is 1. The van der Waals surface area contributed by atoms with Gasteiger partial charge in [-0.3, -0.25) is 4.79 Å². The average Bonchev–Trinajstić information content (AvgIpc) is 3.00. The van der Waals surface area contributed by atoms with Crippen LogP contribution in [-0.4, -0.2) is 29.6 Å². The maximum atomic E-state index is 13.9. The summed E-state index contributed by atoms with van der Waals surface area (Å²) >= 11 is 3.64. The number of aryl methyl sites for hydroxylation is 2. The molecule has 0 fully saturated rings. The molecule has 0 saturated carbocycles.